The van der Waals surface area contributed by atoms with Gasteiger partial charge in [-0.15, -0.1) is 0 Å². The largest absolute Gasteiger partial charge is 0.506 e. The van der Waals surface area contributed by atoms with Crippen molar-refractivity contribution in [3.63, 3.8) is 0 Å². The number of ether oxygens (including phenoxy) is 3. The number of carbonyl (C=O) groups is 3. The van der Waals surface area contributed by atoms with Crippen LogP contribution in [0, 0.1) is 0 Å². The highest BCUT2D eigenvalue weighted by molar-refractivity contribution is 8.18. The molecule has 1 amide bonds. The van der Waals surface area contributed by atoms with Gasteiger partial charge in [-0.2, -0.15) is 0 Å². The van der Waals surface area contributed by atoms with Gasteiger partial charge in [0.1, 0.15) is 22.1 Å². The summed E-state index contributed by atoms with van der Waals surface area (Å²) in [5.74, 6) is -2.10. The van der Waals surface area contributed by atoms with E-state index in [-0.39, 0.29) is 39.3 Å². The van der Waals surface area contributed by atoms with Crippen molar-refractivity contribution in [2.75, 3.05) is 20.3 Å². The van der Waals surface area contributed by atoms with Crippen molar-refractivity contribution in [3.05, 3.63) is 80.9 Å². The van der Waals surface area contributed by atoms with Crippen LogP contribution in [-0.4, -0.2) is 48.3 Å². The fourth-order valence-electron chi connectivity index (χ4n) is 2.85. The minimum atomic E-state index is -0.822. The van der Waals surface area contributed by atoms with E-state index in [9.17, 15) is 19.5 Å². The van der Waals surface area contributed by atoms with Gasteiger partial charge in [-0.1, -0.05) is 53.7 Å². The van der Waals surface area contributed by atoms with Gasteiger partial charge in [0.05, 0.1) is 29.2 Å². The van der Waals surface area contributed by atoms with Gasteiger partial charge in [-0.05, 0) is 31.2 Å². The SMILES string of the molecule is CCOC(=O)C1=C(O)/C(=C/c2ccccc2OCC(=O)OC)SC1=NC(=O)c1ccccc1Cl. The number of hydrogen-bond acceptors (Lipinski definition) is 8. The lowest BCUT2D eigenvalue weighted by atomic mass is 10.1. The zero-order chi connectivity index (χ0) is 24.7. The Morgan fingerprint density at radius 1 is 1.12 bits per heavy atom. The predicted octanol–water partition coefficient (Wildman–Crippen LogP) is 4.59. The second-order valence-electron chi connectivity index (χ2n) is 6.66. The number of aliphatic hydroxyl groups excluding tert-OH is 1. The molecule has 0 fully saturated rings. The number of aliphatic hydroxyl groups is 1. The summed E-state index contributed by atoms with van der Waals surface area (Å²) < 4.78 is 15.1. The van der Waals surface area contributed by atoms with Crippen molar-refractivity contribution in [2.45, 2.75) is 6.92 Å². The molecule has 0 radical (unpaired) electrons. The number of halogens is 1. The van der Waals surface area contributed by atoms with Gasteiger partial charge in [0.25, 0.3) is 5.91 Å². The van der Waals surface area contributed by atoms with E-state index >= 15 is 0 Å². The molecule has 0 aromatic heterocycles. The van der Waals surface area contributed by atoms with E-state index in [2.05, 4.69) is 9.73 Å². The highest BCUT2D eigenvalue weighted by Crippen LogP contribution is 2.40. The van der Waals surface area contributed by atoms with E-state index in [4.69, 9.17) is 21.1 Å². The number of amides is 1. The molecule has 34 heavy (non-hydrogen) atoms. The van der Waals surface area contributed by atoms with Crippen molar-refractivity contribution >= 4 is 52.3 Å². The van der Waals surface area contributed by atoms with Crippen molar-refractivity contribution in [1.82, 2.24) is 0 Å². The summed E-state index contributed by atoms with van der Waals surface area (Å²) in [6.45, 7) is 1.38. The number of para-hydroxylation sites is 1. The Morgan fingerprint density at radius 3 is 2.53 bits per heavy atom. The molecule has 8 nitrogen and oxygen atoms in total. The van der Waals surface area contributed by atoms with Crippen LogP contribution in [0.15, 0.2) is 69.8 Å². The smallest absolute Gasteiger partial charge is 0.344 e. The molecule has 0 aliphatic carbocycles. The third kappa shape index (κ3) is 5.86. The molecule has 1 heterocycles. The Balaban J connectivity index is 2.00. The van der Waals surface area contributed by atoms with Gasteiger partial charge >= 0.3 is 11.9 Å². The van der Waals surface area contributed by atoms with Crippen LogP contribution < -0.4 is 4.74 Å². The lowest BCUT2D eigenvalue weighted by Crippen LogP contribution is -2.14. The molecular formula is C24H20ClNO7S. The minimum absolute atomic E-state index is 0.0277. The Hall–Kier alpha value is -3.56. The number of hydrogen-bond donors (Lipinski definition) is 1. The summed E-state index contributed by atoms with van der Waals surface area (Å²) in [4.78, 5) is 41.0. The molecule has 0 unspecified atom stereocenters. The van der Waals surface area contributed by atoms with Crippen LogP contribution in [0.2, 0.25) is 5.02 Å². The summed E-state index contributed by atoms with van der Waals surface area (Å²) in [6, 6.07) is 13.1. The molecule has 3 rings (SSSR count). The second kappa shape index (κ2) is 11.5. The first-order valence-corrected chi connectivity index (χ1v) is 11.2. The number of thioether (sulfide) groups is 1. The number of nitrogens with zero attached hydrogens (tertiary/aromatic N) is 1. The number of rotatable bonds is 7. The lowest BCUT2D eigenvalue weighted by molar-refractivity contribution is -0.143. The summed E-state index contributed by atoms with van der Waals surface area (Å²) in [5, 5.41) is 11.0. The van der Waals surface area contributed by atoms with Crippen molar-refractivity contribution in [1.29, 1.82) is 0 Å². The Labute approximate surface area is 204 Å². The Kier molecular flexibility index (Phi) is 8.50. The van der Waals surface area contributed by atoms with E-state index in [0.717, 1.165) is 11.8 Å². The van der Waals surface area contributed by atoms with Gasteiger partial charge in [-0.25, -0.2) is 14.6 Å². The van der Waals surface area contributed by atoms with Crippen LogP contribution in [0.1, 0.15) is 22.8 Å². The minimum Gasteiger partial charge on any atom is -0.506 e. The van der Waals surface area contributed by atoms with E-state index < -0.39 is 23.6 Å². The van der Waals surface area contributed by atoms with Crippen LogP contribution >= 0.6 is 23.4 Å². The summed E-state index contributed by atoms with van der Waals surface area (Å²) in [7, 11) is 1.25. The van der Waals surface area contributed by atoms with Gasteiger partial charge in [0, 0.05) is 5.56 Å². The second-order valence-corrected chi connectivity index (χ2v) is 8.10. The third-order valence-electron chi connectivity index (χ3n) is 4.46. The van der Waals surface area contributed by atoms with Gasteiger partial charge in [-0.3, -0.25) is 4.79 Å². The quantitative estimate of drug-likeness (QED) is 0.548. The predicted molar refractivity (Wildman–Crippen MR) is 129 cm³/mol. The van der Waals surface area contributed by atoms with Crippen LogP contribution in [-0.2, 0) is 19.1 Å². The zero-order valence-electron chi connectivity index (χ0n) is 18.2. The first-order valence-electron chi connectivity index (χ1n) is 10.0. The van der Waals surface area contributed by atoms with E-state index in [1.165, 1.54) is 13.2 Å². The molecule has 0 bridgehead atoms. The number of esters is 2. The van der Waals surface area contributed by atoms with Gasteiger partial charge in [0.2, 0.25) is 0 Å². The maximum atomic E-state index is 12.7. The molecular weight excluding hydrogens is 482 g/mol. The first kappa shape index (κ1) is 25.1. The molecule has 2 aromatic rings. The third-order valence-corrected chi connectivity index (χ3v) is 5.81. The highest BCUT2D eigenvalue weighted by Gasteiger charge is 2.34. The maximum absolute atomic E-state index is 12.7. The molecule has 176 valence electrons. The summed E-state index contributed by atoms with van der Waals surface area (Å²) in [6.07, 6.45) is 1.55. The molecule has 0 atom stereocenters. The fraction of sp³-hybridized carbons (Fsp3) is 0.167. The monoisotopic (exact) mass is 501 g/mol. The standard InChI is InChI=1S/C24H20ClNO7S/c1-3-32-24(30)20-21(28)18(12-14-8-4-7-11-17(14)33-13-19(27)31-2)34-23(20)26-22(29)15-9-5-6-10-16(15)25/h4-12,28H,3,13H2,1-2H3/b18-12-,26-23?. The molecule has 0 spiro atoms. The van der Waals surface area contributed by atoms with Crippen LogP contribution in [0.4, 0.5) is 0 Å². The molecule has 1 aliphatic heterocycles. The average Bonchev–Trinajstić information content (AvgIpc) is 3.12. The number of carbonyl (C=O) groups excluding carboxylic acids is 3. The number of methoxy groups -OCH3 is 1. The Morgan fingerprint density at radius 2 is 1.82 bits per heavy atom. The molecule has 0 saturated heterocycles. The molecule has 1 N–H and O–H groups in total. The topological polar surface area (TPSA) is 111 Å². The summed E-state index contributed by atoms with van der Waals surface area (Å²) in [5.41, 5.74) is 0.438. The number of benzene rings is 2. The average molecular weight is 502 g/mol. The zero-order valence-corrected chi connectivity index (χ0v) is 19.8. The first-order chi connectivity index (χ1) is 16.3. The molecule has 2 aromatic carbocycles. The van der Waals surface area contributed by atoms with Crippen LogP contribution in [0.3, 0.4) is 0 Å². The van der Waals surface area contributed by atoms with Crippen molar-refractivity contribution in [3.8, 4) is 5.75 Å². The van der Waals surface area contributed by atoms with Crippen LogP contribution in [0.5, 0.6) is 5.75 Å². The van der Waals surface area contributed by atoms with E-state index in [0.29, 0.717) is 11.3 Å². The van der Waals surface area contributed by atoms with E-state index in [1.807, 2.05) is 0 Å². The van der Waals surface area contributed by atoms with Crippen molar-refractivity contribution < 1.29 is 33.7 Å². The molecule has 10 heteroatoms. The lowest BCUT2D eigenvalue weighted by Gasteiger charge is -2.08. The maximum Gasteiger partial charge on any atom is 0.344 e. The highest BCUT2D eigenvalue weighted by atomic mass is 35.5. The summed E-state index contributed by atoms with van der Waals surface area (Å²) >= 11 is 7.01. The van der Waals surface area contributed by atoms with Gasteiger partial charge < -0.3 is 19.3 Å². The normalized spacial score (nSPS) is 15.5. The van der Waals surface area contributed by atoms with Crippen molar-refractivity contribution in [2.24, 2.45) is 4.99 Å². The Bertz CT molecular complexity index is 1220. The van der Waals surface area contributed by atoms with Gasteiger partial charge in [0.15, 0.2) is 6.61 Å². The van der Waals surface area contributed by atoms with E-state index in [1.54, 1.807) is 55.5 Å². The molecule has 0 saturated carbocycles. The number of aliphatic imine (C=N–C) groups is 1. The van der Waals surface area contributed by atoms with Crippen LogP contribution in [0.25, 0.3) is 6.08 Å². The fourth-order valence-corrected chi connectivity index (χ4v) is 4.07. The molecule has 1 aliphatic rings.